The van der Waals surface area contributed by atoms with Gasteiger partial charge < -0.3 is 14.5 Å². The molecule has 6 heteroatoms. The Kier molecular flexibility index (Phi) is 4.52. The SMILES string of the molecule is COc1cc(C(=O)O[C@H](C)c2nc3ccccc3c(=O)[nH]2)ccc1C. The fourth-order valence-corrected chi connectivity index (χ4v) is 2.53. The Labute approximate surface area is 144 Å². The maximum atomic E-state index is 12.4. The topological polar surface area (TPSA) is 81.3 Å². The molecule has 3 rings (SSSR count). The summed E-state index contributed by atoms with van der Waals surface area (Å²) in [5, 5.41) is 0.494. The first kappa shape index (κ1) is 16.7. The minimum absolute atomic E-state index is 0.263. The van der Waals surface area contributed by atoms with Gasteiger partial charge in [-0.15, -0.1) is 0 Å². The first-order chi connectivity index (χ1) is 12.0. The van der Waals surface area contributed by atoms with Gasteiger partial charge in [-0.25, -0.2) is 9.78 Å². The van der Waals surface area contributed by atoms with Crippen LogP contribution in [0.4, 0.5) is 0 Å². The summed E-state index contributed by atoms with van der Waals surface area (Å²) < 4.78 is 10.7. The monoisotopic (exact) mass is 338 g/mol. The molecule has 6 nitrogen and oxygen atoms in total. The van der Waals surface area contributed by atoms with Crippen LogP contribution in [0.1, 0.15) is 34.8 Å². The number of para-hydroxylation sites is 1. The van der Waals surface area contributed by atoms with Crippen molar-refractivity contribution in [2.24, 2.45) is 0 Å². The van der Waals surface area contributed by atoms with Crippen LogP contribution in [0.5, 0.6) is 5.75 Å². The Bertz CT molecular complexity index is 994. The van der Waals surface area contributed by atoms with Crippen LogP contribution in [0.25, 0.3) is 10.9 Å². The third-order valence-corrected chi connectivity index (χ3v) is 3.94. The van der Waals surface area contributed by atoms with E-state index in [1.54, 1.807) is 56.5 Å². The molecule has 0 aliphatic heterocycles. The van der Waals surface area contributed by atoms with Crippen molar-refractivity contribution in [2.45, 2.75) is 20.0 Å². The number of hydrogen-bond acceptors (Lipinski definition) is 5. The summed E-state index contributed by atoms with van der Waals surface area (Å²) in [6.45, 7) is 3.55. The predicted octanol–water partition coefficient (Wildman–Crippen LogP) is 3.16. The maximum Gasteiger partial charge on any atom is 0.338 e. The lowest BCUT2D eigenvalue weighted by atomic mass is 10.1. The third-order valence-electron chi connectivity index (χ3n) is 3.94. The molecule has 128 valence electrons. The molecule has 0 aliphatic carbocycles. The Hall–Kier alpha value is -3.15. The number of H-pyrrole nitrogens is 1. The van der Waals surface area contributed by atoms with Crippen molar-refractivity contribution < 1.29 is 14.3 Å². The molecule has 0 aliphatic rings. The number of aromatic nitrogens is 2. The van der Waals surface area contributed by atoms with Crippen LogP contribution < -0.4 is 10.3 Å². The van der Waals surface area contributed by atoms with Gasteiger partial charge in [-0.2, -0.15) is 0 Å². The van der Waals surface area contributed by atoms with Crippen molar-refractivity contribution in [3.63, 3.8) is 0 Å². The van der Waals surface area contributed by atoms with Crippen molar-refractivity contribution in [3.8, 4) is 5.75 Å². The van der Waals surface area contributed by atoms with E-state index in [0.29, 0.717) is 28.0 Å². The number of esters is 1. The summed E-state index contributed by atoms with van der Waals surface area (Å²) in [5.74, 6) is 0.400. The van der Waals surface area contributed by atoms with Gasteiger partial charge in [0.25, 0.3) is 5.56 Å². The summed E-state index contributed by atoms with van der Waals surface area (Å²) in [6, 6.07) is 12.1. The number of aryl methyl sites for hydroxylation is 1. The van der Waals surface area contributed by atoms with Crippen LogP contribution in [-0.2, 0) is 4.74 Å². The second kappa shape index (κ2) is 6.76. The molecule has 1 aromatic heterocycles. The summed E-state index contributed by atoms with van der Waals surface area (Å²) in [5.41, 5.74) is 1.59. The van der Waals surface area contributed by atoms with Crippen molar-refractivity contribution in [1.82, 2.24) is 9.97 Å². The van der Waals surface area contributed by atoms with E-state index in [2.05, 4.69) is 9.97 Å². The molecule has 0 bridgehead atoms. The minimum atomic E-state index is -0.697. The van der Waals surface area contributed by atoms with Crippen LogP contribution in [-0.4, -0.2) is 23.0 Å². The van der Waals surface area contributed by atoms with Crippen LogP contribution in [0.3, 0.4) is 0 Å². The second-order valence-corrected chi connectivity index (χ2v) is 5.70. The highest BCUT2D eigenvalue weighted by Gasteiger charge is 2.17. The van der Waals surface area contributed by atoms with E-state index in [1.807, 2.05) is 6.92 Å². The van der Waals surface area contributed by atoms with Gasteiger partial charge >= 0.3 is 5.97 Å². The lowest BCUT2D eigenvalue weighted by molar-refractivity contribution is 0.0319. The Morgan fingerprint density at radius 3 is 2.72 bits per heavy atom. The number of aromatic amines is 1. The first-order valence-electron chi connectivity index (χ1n) is 7.84. The number of nitrogens with zero attached hydrogens (tertiary/aromatic N) is 1. The van der Waals surface area contributed by atoms with E-state index in [0.717, 1.165) is 5.56 Å². The zero-order chi connectivity index (χ0) is 18.0. The molecule has 0 fully saturated rings. The molecule has 1 heterocycles. The van der Waals surface area contributed by atoms with Gasteiger partial charge in [0.1, 0.15) is 5.75 Å². The van der Waals surface area contributed by atoms with Crippen LogP contribution in [0, 0.1) is 6.92 Å². The molecule has 0 saturated heterocycles. The highest BCUT2D eigenvalue weighted by atomic mass is 16.5. The Balaban J connectivity index is 1.85. The highest BCUT2D eigenvalue weighted by Crippen LogP contribution is 2.22. The molecular weight excluding hydrogens is 320 g/mol. The van der Waals surface area contributed by atoms with Gasteiger partial charge in [0, 0.05) is 0 Å². The van der Waals surface area contributed by atoms with Gasteiger partial charge in [0.05, 0.1) is 23.6 Å². The summed E-state index contributed by atoms with van der Waals surface area (Å²) in [4.78, 5) is 31.5. The van der Waals surface area contributed by atoms with Gasteiger partial charge in [-0.05, 0) is 43.7 Å². The number of ether oxygens (including phenoxy) is 2. The zero-order valence-electron chi connectivity index (χ0n) is 14.2. The quantitative estimate of drug-likeness (QED) is 0.739. The maximum absolute atomic E-state index is 12.4. The molecule has 0 saturated carbocycles. The number of fused-ring (bicyclic) bond motifs is 1. The smallest absolute Gasteiger partial charge is 0.338 e. The molecule has 0 radical (unpaired) electrons. The molecule has 25 heavy (non-hydrogen) atoms. The van der Waals surface area contributed by atoms with Crippen molar-refractivity contribution in [3.05, 3.63) is 69.8 Å². The van der Waals surface area contributed by atoms with E-state index in [4.69, 9.17) is 9.47 Å². The Morgan fingerprint density at radius 2 is 1.96 bits per heavy atom. The molecule has 1 atom stereocenters. The number of nitrogens with one attached hydrogen (secondary N) is 1. The number of hydrogen-bond donors (Lipinski definition) is 1. The minimum Gasteiger partial charge on any atom is -0.496 e. The van der Waals surface area contributed by atoms with E-state index < -0.39 is 12.1 Å². The molecule has 0 amide bonds. The number of rotatable bonds is 4. The molecule has 1 N–H and O–H groups in total. The second-order valence-electron chi connectivity index (χ2n) is 5.70. The fraction of sp³-hybridized carbons (Fsp3) is 0.211. The lowest BCUT2D eigenvalue weighted by Crippen LogP contribution is -2.17. The zero-order valence-corrected chi connectivity index (χ0v) is 14.2. The van der Waals surface area contributed by atoms with E-state index in [9.17, 15) is 9.59 Å². The predicted molar refractivity (Wildman–Crippen MR) is 93.9 cm³/mol. The van der Waals surface area contributed by atoms with Crippen LogP contribution in [0.15, 0.2) is 47.3 Å². The Morgan fingerprint density at radius 1 is 1.20 bits per heavy atom. The standard InChI is InChI=1S/C19H18N2O4/c1-11-8-9-13(10-16(11)24-3)19(23)25-12(2)17-20-15-7-5-4-6-14(15)18(22)21-17/h4-10,12H,1-3H3,(H,20,21,22)/t12-/m1/s1. The molecule has 0 spiro atoms. The van der Waals surface area contributed by atoms with E-state index >= 15 is 0 Å². The molecule has 0 unspecified atom stereocenters. The van der Waals surface area contributed by atoms with Crippen LogP contribution >= 0.6 is 0 Å². The highest BCUT2D eigenvalue weighted by molar-refractivity contribution is 5.90. The largest absolute Gasteiger partial charge is 0.496 e. The number of benzene rings is 2. The van der Waals surface area contributed by atoms with Crippen molar-refractivity contribution >= 4 is 16.9 Å². The molecule has 2 aromatic carbocycles. The summed E-state index contributed by atoms with van der Waals surface area (Å²) in [7, 11) is 1.55. The van der Waals surface area contributed by atoms with Gasteiger partial charge in [-0.1, -0.05) is 18.2 Å². The first-order valence-corrected chi connectivity index (χ1v) is 7.84. The van der Waals surface area contributed by atoms with Crippen molar-refractivity contribution in [1.29, 1.82) is 0 Å². The van der Waals surface area contributed by atoms with Gasteiger partial charge in [0.2, 0.25) is 0 Å². The van der Waals surface area contributed by atoms with Gasteiger partial charge in [-0.3, -0.25) is 4.79 Å². The van der Waals surface area contributed by atoms with E-state index in [-0.39, 0.29) is 5.56 Å². The number of carbonyl (C=O) groups is 1. The van der Waals surface area contributed by atoms with Gasteiger partial charge in [0.15, 0.2) is 11.9 Å². The summed E-state index contributed by atoms with van der Waals surface area (Å²) >= 11 is 0. The average molecular weight is 338 g/mol. The third kappa shape index (κ3) is 3.38. The number of methoxy groups -OCH3 is 1. The van der Waals surface area contributed by atoms with E-state index in [1.165, 1.54) is 0 Å². The molecular formula is C19H18N2O4. The average Bonchev–Trinajstić information content (AvgIpc) is 2.62. The normalized spacial score (nSPS) is 12.0. The van der Waals surface area contributed by atoms with Crippen molar-refractivity contribution in [2.75, 3.05) is 7.11 Å². The fourth-order valence-electron chi connectivity index (χ4n) is 2.53. The molecule has 3 aromatic rings. The van der Waals surface area contributed by atoms with Crippen LogP contribution in [0.2, 0.25) is 0 Å². The summed E-state index contributed by atoms with van der Waals surface area (Å²) in [6.07, 6.45) is -0.697. The lowest BCUT2D eigenvalue weighted by Gasteiger charge is -2.14. The number of carbonyl (C=O) groups excluding carboxylic acids is 1.